The Labute approximate surface area is 204 Å². The summed E-state index contributed by atoms with van der Waals surface area (Å²) >= 11 is 1.37. The fraction of sp³-hybridized carbons (Fsp3) is 0.385. The molecule has 1 aliphatic carbocycles. The molecule has 1 N–H and O–H groups in total. The average Bonchev–Trinajstić information content (AvgIpc) is 3.40. The van der Waals surface area contributed by atoms with Gasteiger partial charge >= 0.3 is 0 Å². The predicted molar refractivity (Wildman–Crippen MR) is 134 cm³/mol. The van der Waals surface area contributed by atoms with Gasteiger partial charge in [0.25, 0.3) is 0 Å². The van der Waals surface area contributed by atoms with Crippen molar-refractivity contribution in [1.82, 2.24) is 20.5 Å². The second kappa shape index (κ2) is 11.3. The van der Waals surface area contributed by atoms with E-state index >= 15 is 0 Å². The number of rotatable bonds is 9. The van der Waals surface area contributed by atoms with Gasteiger partial charge in [-0.25, -0.2) is 4.98 Å². The number of methoxy groups -OCH3 is 2. The highest BCUT2D eigenvalue weighted by molar-refractivity contribution is 8.00. The third-order valence-electron chi connectivity index (χ3n) is 6.01. The minimum Gasteiger partial charge on any atom is -0.497 e. The van der Waals surface area contributed by atoms with Crippen molar-refractivity contribution in [2.45, 2.75) is 55.5 Å². The molecular weight excluding hydrogens is 448 g/mol. The van der Waals surface area contributed by atoms with Gasteiger partial charge in [-0.3, -0.25) is 4.79 Å². The maximum Gasteiger partial charge on any atom is 0.233 e. The number of benzene rings is 2. The molecule has 178 valence electrons. The fourth-order valence-electron chi connectivity index (χ4n) is 4.07. The molecule has 1 aliphatic rings. The second-order valence-corrected chi connectivity index (χ2v) is 9.42. The molecule has 0 bridgehead atoms. The summed E-state index contributed by atoms with van der Waals surface area (Å²) in [6.07, 6.45) is 5.16. The number of aromatic nitrogens is 3. The summed E-state index contributed by atoms with van der Waals surface area (Å²) in [5, 5.41) is 12.3. The summed E-state index contributed by atoms with van der Waals surface area (Å²) in [6.45, 7) is 2.01. The SMILES string of the molecule is CCC(Sc1nnc(-c2ccc(OC)cc2)c(-c2ccc(OC)cc2)n1)C(=O)NC1CCCC1. The highest BCUT2D eigenvalue weighted by Gasteiger charge is 2.25. The topological polar surface area (TPSA) is 86.2 Å². The minimum atomic E-state index is -0.266. The third kappa shape index (κ3) is 5.67. The molecule has 1 atom stereocenters. The first-order chi connectivity index (χ1) is 16.6. The first-order valence-corrected chi connectivity index (χ1v) is 12.5. The van der Waals surface area contributed by atoms with Gasteiger partial charge in [-0.2, -0.15) is 0 Å². The van der Waals surface area contributed by atoms with Crippen molar-refractivity contribution >= 4 is 17.7 Å². The van der Waals surface area contributed by atoms with Crippen molar-refractivity contribution in [1.29, 1.82) is 0 Å². The first kappa shape index (κ1) is 24.0. The molecule has 2 aromatic carbocycles. The van der Waals surface area contributed by atoms with Crippen LogP contribution in [0, 0.1) is 0 Å². The summed E-state index contributed by atoms with van der Waals surface area (Å²) in [5.74, 6) is 1.58. The smallest absolute Gasteiger partial charge is 0.233 e. The van der Waals surface area contributed by atoms with E-state index in [9.17, 15) is 4.79 Å². The summed E-state index contributed by atoms with van der Waals surface area (Å²) < 4.78 is 10.6. The molecule has 1 unspecified atom stereocenters. The Morgan fingerprint density at radius 1 is 0.941 bits per heavy atom. The predicted octanol–water partition coefficient (Wildman–Crippen LogP) is 5.15. The minimum absolute atomic E-state index is 0.0493. The largest absolute Gasteiger partial charge is 0.497 e. The van der Waals surface area contributed by atoms with Crippen LogP contribution >= 0.6 is 11.8 Å². The highest BCUT2D eigenvalue weighted by atomic mass is 32.2. The van der Waals surface area contributed by atoms with Gasteiger partial charge in [0.1, 0.15) is 22.9 Å². The molecule has 1 fully saturated rings. The third-order valence-corrected chi connectivity index (χ3v) is 7.22. The molecule has 34 heavy (non-hydrogen) atoms. The molecule has 1 saturated carbocycles. The van der Waals surface area contributed by atoms with Gasteiger partial charge in [-0.05, 0) is 67.8 Å². The first-order valence-electron chi connectivity index (χ1n) is 11.6. The number of thioether (sulfide) groups is 1. The van der Waals surface area contributed by atoms with Crippen LogP contribution in [0.4, 0.5) is 0 Å². The van der Waals surface area contributed by atoms with Gasteiger partial charge in [-0.15, -0.1) is 10.2 Å². The van der Waals surface area contributed by atoms with E-state index < -0.39 is 0 Å². The van der Waals surface area contributed by atoms with E-state index in [2.05, 4.69) is 15.5 Å². The molecule has 1 heterocycles. The monoisotopic (exact) mass is 478 g/mol. The van der Waals surface area contributed by atoms with Gasteiger partial charge < -0.3 is 14.8 Å². The Kier molecular flexibility index (Phi) is 8.00. The lowest BCUT2D eigenvalue weighted by Gasteiger charge is -2.18. The Morgan fingerprint density at radius 2 is 1.50 bits per heavy atom. The van der Waals surface area contributed by atoms with Gasteiger partial charge in [-0.1, -0.05) is 31.5 Å². The van der Waals surface area contributed by atoms with E-state index in [4.69, 9.17) is 14.5 Å². The molecule has 1 aromatic heterocycles. The Bertz CT molecular complexity index is 1100. The van der Waals surface area contributed by atoms with Crippen molar-refractivity contribution in [2.75, 3.05) is 14.2 Å². The molecule has 3 aromatic rings. The molecule has 8 heteroatoms. The van der Waals surface area contributed by atoms with Gasteiger partial charge in [0.2, 0.25) is 11.1 Å². The summed E-state index contributed by atoms with van der Waals surface area (Å²) in [5.41, 5.74) is 3.15. The molecule has 0 radical (unpaired) electrons. The summed E-state index contributed by atoms with van der Waals surface area (Å²) in [6, 6.07) is 15.6. The van der Waals surface area contributed by atoms with E-state index in [0.717, 1.165) is 35.5 Å². The molecule has 1 amide bonds. The van der Waals surface area contributed by atoms with E-state index in [1.165, 1.54) is 24.6 Å². The van der Waals surface area contributed by atoms with Crippen LogP contribution in [-0.2, 0) is 4.79 Å². The second-order valence-electron chi connectivity index (χ2n) is 8.25. The fourth-order valence-corrected chi connectivity index (χ4v) is 4.90. The van der Waals surface area contributed by atoms with Crippen LogP contribution in [0.25, 0.3) is 22.5 Å². The maximum atomic E-state index is 12.9. The van der Waals surface area contributed by atoms with E-state index in [1.54, 1.807) is 14.2 Å². The lowest BCUT2D eigenvalue weighted by Crippen LogP contribution is -2.38. The lowest BCUT2D eigenvalue weighted by atomic mass is 10.0. The Hall–Kier alpha value is -3.13. The summed E-state index contributed by atoms with van der Waals surface area (Å²) in [4.78, 5) is 17.7. The number of nitrogens with one attached hydrogen (secondary N) is 1. The van der Waals surface area contributed by atoms with Gasteiger partial charge in [0.05, 0.1) is 19.5 Å². The highest BCUT2D eigenvalue weighted by Crippen LogP contribution is 2.33. The molecule has 0 spiro atoms. The number of amides is 1. The number of nitrogens with zero attached hydrogens (tertiary/aromatic N) is 3. The van der Waals surface area contributed by atoms with Crippen LogP contribution in [0.5, 0.6) is 11.5 Å². The van der Waals surface area contributed by atoms with Gasteiger partial charge in [0, 0.05) is 17.2 Å². The Morgan fingerprint density at radius 3 is 2.03 bits per heavy atom. The van der Waals surface area contributed by atoms with Gasteiger partial charge in [0.15, 0.2) is 0 Å². The number of hydrogen-bond donors (Lipinski definition) is 1. The van der Waals surface area contributed by atoms with E-state index in [0.29, 0.717) is 23.0 Å². The average molecular weight is 479 g/mol. The zero-order valence-electron chi connectivity index (χ0n) is 19.8. The molecule has 0 saturated heterocycles. The number of ether oxygens (including phenoxy) is 2. The number of carbonyl (C=O) groups excluding carboxylic acids is 1. The van der Waals surface area contributed by atoms with Crippen LogP contribution in [0.15, 0.2) is 53.7 Å². The van der Waals surface area contributed by atoms with Crippen LogP contribution in [0.2, 0.25) is 0 Å². The molecular formula is C26H30N4O3S. The van der Waals surface area contributed by atoms with Crippen LogP contribution in [0.3, 0.4) is 0 Å². The van der Waals surface area contributed by atoms with E-state index in [-0.39, 0.29) is 17.2 Å². The van der Waals surface area contributed by atoms with Crippen molar-refractivity contribution in [3.8, 4) is 34.0 Å². The lowest BCUT2D eigenvalue weighted by molar-refractivity contribution is -0.121. The van der Waals surface area contributed by atoms with Crippen molar-refractivity contribution < 1.29 is 14.3 Å². The summed E-state index contributed by atoms with van der Waals surface area (Å²) in [7, 11) is 3.28. The van der Waals surface area contributed by atoms with Crippen LogP contribution < -0.4 is 14.8 Å². The normalized spacial score (nSPS) is 14.6. The maximum absolute atomic E-state index is 12.9. The standard InChI is InChI=1S/C26H30N4O3S/c1-4-22(25(31)27-19-7-5-6-8-19)34-26-28-23(17-9-13-20(32-2)14-10-17)24(29-30-26)18-11-15-21(33-3)16-12-18/h9-16,19,22H,4-8H2,1-3H3,(H,27,31). The van der Waals surface area contributed by atoms with E-state index in [1.807, 2.05) is 55.5 Å². The van der Waals surface area contributed by atoms with Crippen LogP contribution in [-0.4, -0.2) is 46.6 Å². The van der Waals surface area contributed by atoms with Crippen molar-refractivity contribution in [3.05, 3.63) is 48.5 Å². The van der Waals surface area contributed by atoms with Crippen molar-refractivity contribution in [2.24, 2.45) is 0 Å². The molecule has 7 nitrogen and oxygen atoms in total. The zero-order chi connectivity index (χ0) is 23.9. The number of carbonyl (C=O) groups is 1. The number of hydrogen-bond acceptors (Lipinski definition) is 7. The molecule has 4 rings (SSSR count). The molecule has 0 aliphatic heterocycles. The van der Waals surface area contributed by atoms with Crippen molar-refractivity contribution in [3.63, 3.8) is 0 Å². The quantitative estimate of drug-likeness (QED) is 0.426. The Balaban J connectivity index is 1.64. The van der Waals surface area contributed by atoms with Crippen LogP contribution in [0.1, 0.15) is 39.0 Å². The zero-order valence-corrected chi connectivity index (χ0v) is 20.6.